The molecule has 1 saturated heterocycles. The van der Waals surface area contributed by atoms with Crippen LogP contribution in [0.15, 0.2) is 30.2 Å². The first-order valence-electron chi connectivity index (χ1n) is 7.63. The molecule has 0 N–H and O–H groups in total. The molecule has 1 aliphatic heterocycles. The first kappa shape index (κ1) is 12.5. The minimum absolute atomic E-state index is 0.415. The highest BCUT2D eigenvalue weighted by atomic mass is 32.1. The number of aromatic nitrogens is 4. The molecule has 1 saturated carbocycles. The summed E-state index contributed by atoms with van der Waals surface area (Å²) in [5.41, 5.74) is 2.33. The molecule has 5 nitrogen and oxygen atoms in total. The molecule has 0 atom stereocenters. The van der Waals surface area contributed by atoms with Gasteiger partial charge in [0, 0.05) is 25.5 Å². The molecule has 1 aliphatic carbocycles. The van der Waals surface area contributed by atoms with Crippen molar-refractivity contribution >= 4 is 27.4 Å². The second-order valence-corrected chi connectivity index (χ2v) is 7.00. The van der Waals surface area contributed by atoms with Crippen molar-refractivity contribution in [2.24, 2.45) is 0 Å². The third-order valence-electron chi connectivity index (χ3n) is 4.51. The van der Waals surface area contributed by atoms with Gasteiger partial charge in [-0.05, 0) is 35.8 Å². The van der Waals surface area contributed by atoms with Gasteiger partial charge in [-0.25, -0.2) is 19.9 Å². The number of thiophene rings is 1. The number of hydrogen-bond acceptors (Lipinski definition) is 6. The molecule has 3 aromatic rings. The largest absolute Gasteiger partial charge is 0.354 e. The molecule has 0 radical (unpaired) electrons. The first-order valence-corrected chi connectivity index (χ1v) is 8.51. The number of nitrogens with zero attached hydrogens (tertiary/aromatic N) is 5. The van der Waals surface area contributed by atoms with Crippen LogP contribution in [0, 0.1) is 0 Å². The quantitative estimate of drug-likeness (QED) is 0.744. The van der Waals surface area contributed by atoms with Crippen molar-refractivity contribution in [2.75, 3.05) is 18.0 Å². The summed E-state index contributed by atoms with van der Waals surface area (Å²) < 4.78 is 1.17. The number of anilines is 1. The van der Waals surface area contributed by atoms with E-state index >= 15 is 0 Å². The standard InChI is InChI=1S/C16H15N5S/c1-2-10(1)11-5-17-15(18-6-11)12-7-21(8-12)16-14-13(3-4-22-14)19-9-20-16/h3-6,9-10,12H,1-2,7-8H2. The van der Waals surface area contributed by atoms with E-state index in [1.54, 1.807) is 17.7 Å². The van der Waals surface area contributed by atoms with Crippen LogP contribution in [0.25, 0.3) is 10.2 Å². The Morgan fingerprint density at radius 1 is 1.00 bits per heavy atom. The SMILES string of the molecule is c1nc(N2CC(c3ncc(C4CC4)cn3)C2)c2sccc2n1. The molecule has 6 heteroatoms. The van der Waals surface area contributed by atoms with Gasteiger partial charge in [-0.1, -0.05) is 0 Å². The maximum atomic E-state index is 4.57. The van der Waals surface area contributed by atoms with E-state index in [1.165, 1.54) is 23.1 Å². The molecule has 2 aliphatic rings. The van der Waals surface area contributed by atoms with E-state index in [0.717, 1.165) is 36.2 Å². The summed E-state index contributed by atoms with van der Waals surface area (Å²) in [6.07, 6.45) is 8.28. The van der Waals surface area contributed by atoms with Crippen LogP contribution in [0.3, 0.4) is 0 Å². The Labute approximate surface area is 132 Å². The lowest BCUT2D eigenvalue weighted by atomic mass is 9.99. The summed E-state index contributed by atoms with van der Waals surface area (Å²) in [4.78, 5) is 20.2. The maximum absolute atomic E-state index is 4.57. The summed E-state index contributed by atoms with van der Waals surface area (Å²) >= 11 is 1.70. The maximum Gasteiger partial charge on any atom is 0.150 e. The number of fused-ring (bicyclic) bond motifs is 1. The molecule has 0 amide bonds. The smallest absolute Gasteiger partial charge is 0.150 e. The molecule has 0 aromatic carbocycles. The van der Waals surface area contributed by atoms with Gasteiger partial charge in [0.1, 0.15) is 18.0 Å². The van der Waals surface area contributed by atoms with Gasteiger partial charge in [-0.3, -0.25) is 0 Å². The zero-order valence-corrected chi connectivity index (χ0v) is 12.8. The summed E-state index contributed by atoms with van der Waals surface area (Å²) in [5, 5.41) is 2.07. The van der Waals surface area contributed by atoms with Crippen LogP contribution in [0.2, 0.25) is 0 Å². The van der Waals surface area contributed by atoms with E-state index in [2.05, 4.69) is 30.2 Å². The summed E-state index contributed by atoms with van der Waals surface area (Å²) in [5.74, 6) is 3.15. The lowest BCUT2D eigenvalue weighted by Gasteiger charge is -2.39. The van der Waals surface area contributed by atoms with Gasteiger partial charge in [-0.15, -0.1) is 11.3 Å². The molecule has 2 fully saturated rings. The van der Waals surface area contributed by atoms with Crippen molar-refractivity contribution in [2.45, 2.75) is 24.7 Å². The summed E-state index contributed by atoms with van der Waals surface area (Å²) in [7, 11) is 0. The van der Waals surface area contributed by atoms with Crippen LogP contribution in [0.1, 0.15) is 36.1 Å². The Bertz CT molecular complexity index is 818. The summed E-state index contributed by atoms with van der Waals surface area (Å²) in [6.45, 7) is 1.87. The molecule has 22 heavy (non-hydrogen) atoms. The predicted octanol–water partition coefficient (Wildman–Crippen LogP) is 2.96. The number of hydrogen-bond donors (Lipinski definition) is 0. The molecule has 5 rings (SSSR count). The van der Waals surface area contributed by atoms with Crippen LogP contribution < -0.4 is 4.90 Å². The van der Waals surface area contributed by atoms with Gasteiger partial charge in [-0.2, -0.15) is 0 Å². The van der Waals surface area contributed by atoms with Gasteiger partial charge >= 0.3 is 0 Å². The molecule has 110 valence electrons. The van der Waals surface area contributed by atoms with Gasteiger partial charge in [0.2, 0.25) is 0 Å². The lowest BCUT2D eigenvalue weighted by Crippen LogP contribution is -2.46. The minimum atomic E-state index is 0.415. The van der Waals surface area contributed by atoms with E-state index in [4.69, 9.17) is 0 Å². The normalized spacial score (nSPS) is 18.6. The van der Waals surface area contributed by atoms with Crippen LogP contribution in [-0.2, 0) is 0 Å². The zero-order chi connectivity index (χ0) is 14.5. The van der Waals surface area contributed by atoms with Gasteiger partial charge in [0.25, 0.3) is 0 Å². The van der Waals surface area contributed by atoms with Gasteiger partial charge in [0.05, 0.1) is 16.1 Å². The predicted molar refractivity (Wildman–Crippen MR) is 86.4 cm³/mol. The average molecular weight is 309 g/mol. The fourth-order valence-electron chi connectivity index (χ4n) is 3.00. The van der Waals surface area contributed by atoms with Gasteiger partial charge in [0.15, 0.2) is 0 Å². The highest BCUT2D eigenvalue weighted by Crippen LogP contribution is 2.40. The molecule has 0 unspecified atom stereocenters. The van der Waals surface area contributed by atoms with Crippen LogP contribution in [0.5, 0.6) is 0 Å². The monoisotopic (exact) mass is 309 g/mol. The van der Waals surface area contributed by atoms with Crippen molar-refractivity contribution in [1.82, 2.24) is 19.9 Å². The molecule has 0 spiro atoms. The lowest BCUT2D eigenvalue weighted by molar-refractivity contribution is 0.497. The van der Waals surface area contributed by atoms with E-state index in [0.29, 0.717) is 5.92 Å². The van der Waals surface area contributed by atoms with Crippen molar-refractivity contribution in [3.8, 4) is 0 Å². The van der Waals surface area contributed by atoms with E-state index in [-0.39, 0.29) is 0 Å². The Kier molecular flexibility index (Phi) is 2.67. The minimum Gasteiger partial charge on any atom is -0.354 e. The number of rotatable bonds is 3. The fourth-order valence-corrected chi connectivity index (χ4v) is 3.86. The Balaban J connectivity index is 1.34. The summed E-state index contributed by atoms with van der Waals surface area (Å²) in [6, 6.07) is 2.04. The molecule has 3 aromatic heterocycles. The van der Waals surface area contributed by atoms with E-state index in [1.807, 2.05) is 18.5 Å². The highest BCUT2D eigenvalue weighted by molar-refractivity contribution is 7.17. The molecular formula is C16H15N5S. The van der Waals surface area contributed by atoms with Crippen molar-refractivity contribution in [1.29, 1.82) is 0 Å². The van der Waals surface area contributed by atoms with Crippen molar-refractivity contribution in [3.63, 3.8) is 0 Å². The van der Waals surface area contributed by atoms with Crippen molar-refractivity contribution in [3.05, 3.63) is 41.6 Å². The second kappa shape index (κ2) is 4.71. The Morgan fingerprint density at radius 2 is 1.82 bits per heavy atom. The fraction of sp³-hybridized carbons (Fsp3) is 0.375. The average Bonchev–Trinajstić information content (AvgIpc) is 3.24. The Hall–Kier alpha value is -2.08. The van der Waals surface area contributed by atoms with Gasteiger partial charge < -0.3 is 4.90 Å². The third kappa shape index (κ3) is 1.98. The molecular weight excluding hydrogens is 294 g/mol. The zero-order valence-electron chi connectivity index (χ0n) is 12.0. The first-order chi connectivity index (χ1) is 10.9. The van der Waals surface area contributed by atoms with Crippen LogP contribution in [-0.4, -0.2) is 33.0 Å². The van der Waals surface area contributed by atoms with Crippen LogP contribution >= 0.6 is 11.3 Å². The van der Waals surface area contributed by atoms with E-state index < -0.39 is 0 Å². The Morgan fingerprint density at radius 3 is 2.59 bits per heavy atom. The van der Waals surface area contributed by atoms with E-state index in [9.17, 15) is 0 Å². The van der Waals surface area contributed by atoms with Crippen molar-refractivity contribution < 1.29 is 0 Å². The topological polar surface area (TPSA) is 54.8 Å². The molecule has 4 heterocycles. The second-order valence-electron chi connectivity index (χ2n) is 6.08. The highest BCUT2D eigenvalue weighted by Gasteiger charge is 2.33. The van der Waals surface area contributed by atoms with Crippen LogP contribution in [0.4, 0.5) is 5.82 Å². The third-order valence-corrected chi connectivity index (χ3v) is 5.41. The molecule has 0 bridgehead atoms.